The van der Waals surface area contributed by atoms with E-state index in [0.717, 1.165) is 22.6 Å². The van der Waals surface area contributed by atoms with E-state index in [-0.39, 0.29) is 6.10 Å². The zero-order chi connectivity index (χ0) is 14.1. The predicted octanol–water partition coefficient (Wildman–Crippen LogP) is 4.32. The third-order valence-electron chi connectivity index (χ3n) is 3.30. The van der Waals surface area contributed by atoms with Crippen LogP contribution in [0.3, 0.4) is 0 Å². The molecule has 1 heterocycles. The van der Waals surface area contributed by atoms with Crippen molar-refractivity contribution in [1.82, 2.24) is 9.97 Å². The Hall–Kier alpha value is -2.29. The Morgan fingerprint density at radius 3 is 2.45 bits per heavy atom. The summed E-state index contributed by atoms with van der Waals surface area (Å²) < 4.78 is 6.00. The molecule has 3 aromatic rings. The Morgan fingerprint density at radius 1 is 1.05 bits per heavy atom. The standard InChI is InChI=1S/C17H18N2O/c1-11-8-12(2)10-14(9-11)20-13(3)17-18-15-6-4-5-7-16(15)19-17/h4-10,13H,1-3H3,(H,18,19)/t13-/m0/s1. The number of nitrogens with one attached hydrogen (secondary N) is 1. The van der Waals surface area contributed by atoms with E-state index in [9.17, 15) is 0 Å². The normalized spacial score (nSPS) is 12.6. The van der Waals surface area contributed by atoms with Crippen LogP contribution in [0.5, 0.6) is 5.75 Å². The van der Waals surface area contributed by atoms with Gasteiger partial charge in [-0.05, 0) is 56.2 Å². The van der Waals surface area contributed by atoms with Crippen LogP contribution < -0.4 is 4.74 Å². The van der Waals surface area contributed by atoms with Gasteiger partial charge in [-0.15, -0.1) is 0 Å². The molecule has 0 saturated heterocycles. The summed E-state index contributed by atoms with van der Waals surface area (Å²) in [7, 11) is 0. The van der Waals surface area contributed by atoms with Crippen LogP contribution in [-0.4, -0.2) is 9.97 Å². The van der Waals surface area contributed by atoms with Gasteiger partial charge in [0, 0.05) is 0 Å². The van der Waals surface area contributed by atoms with Crippen molar-refractivity contribution in [2.75, 3.05) is 0 Å². The Bertz CT molecular complexity index is 692. The maximum absolute atomic E-state index is 6.00. The van der Waals surface area contributed by atoms with Crippen LogP contribution in [0.2, 0.25) is 0 Å². The van der Waals surface area contributed by atoms with E-state index in [4.69, 9.17) is 4.74 Å². The van der Waals surface area contributed by atoms with Crippen molar-refractivity contribution < 1.29 is 4.74 Å². The lowest BCUT2D eigenvalue weighted by atomic mass is 10.1. The lowest BCUT2D eigenvalue weighted by Gasteiger charge is -2.13. The second-order valence-corrected chi connectivity index (χ2v) is 5.22. The van der Waals surface area contributed by atoms with Gasteiger partial charge in [0.25, 0.3) is 0 Å². The Morgan fingerprint density at radius 2 is 1.75 bits per heavy atom. The number of ether oxygens (including phenoxy) is 1. The topological polar surface area (TPSA) is 37.9 Å². The number of benzene rings is 2. The molecule has 0 aliphatic carbocycles. The lowest BCUT2D eigenvalue weighted by Crippen LogP contribution is -2.05. The number of hydrogen-bond acceptors (Lipinski definition) is 2. The highest BCUT2D eigenvalue weighted by Crippen LogP contribution is 2.24. The van der Waals surface area contributed by atoms with Crippen molar-refractivity contribution in [1.29, 1.82) is 0 Å². The van der Waals surface area contributed by atoms with E-state index >= 15 is 0 Å². The number of para-hydroxylation sites is 2. The fraction of sp³-hybridized carbons (Fsp3) is 0.235. The molecule has 1 N–H and O–H groups in total. The molecule has 0 aliphatic heterocycles. The molecule has 0 saturated carbocycles. The van der Waals surface area contributed by atoms with Crippen LogP contribution in [0, 0.1) is 13.8 Å². The molecule has 0 aliphatic rings. The first-order valence-electron chi connectivity index (χ1n) is 6.81. The number of nitrogens with zero attached hydrogens (tertiary/aromatic N) is 1. The average Bonchev–Trinajstić information content (AvgIpc) is 2.81. The first kappa shape index (κ1) is 12.7. The quantitative estimate of drug-likeness (QED) is 0.766. The van der Waals surface area contributed by atoms with E-state index in [0.29, 0.717) is 0 Å². The zero-order valence-electron chi connectivity index (χ0n) is 12.0. The molecular formula is C17H18N2O. The number of hydrogen-bond donors (Lipinski definition) is 1. The van der Waals surface area contributed by atoms with E-state index in [1.54, 1.807) is 0 Å². The fourth-order valence-electron chi connectivity index (χ4n) is 2.43. The van der Waals surface area contributed by atoms with E-state index < -0.39 is 0 Å². The monoisotopic (exact) mass is 266 g/mol. The summed E-state index contributed by atoms with van der Waals surface area (Å²) in [5, 5.41) is 0. The summed E-state index contributed by atoms with van der Waals surface area (Å²) in [5.74, 6) is 1.74. The van der Waals surface area contributed by atoms with Crippen molar-refractivity contribution in [3.05, 3.63) is 59.4 Å². The van der Waals surface area contributed by atoms with Crippen molar-refractivity contribution in [2.45, 2.75) is 26.9 Å². The van der Waals surface area contributed by atoms with Crippen LogP contribution in [-0.2, 0) is 0 Å². The molecule has 0 fully saturated rings. The number of H-pyrrole nitrogens is 1. The summed E-state index contributed by atoms with van der Waals surface area (Å²) in [5.41, 5.74) is 4.42. The number of fused-ring (bicyclic) bond motifs is 1. The van der Waals surface area contributed by atoms with Crippen LogP contribution in [0.4, 0.5) is 0 Å². The largest absolute Gasteiger partial charge is 0.483 e. The van der Waals surface area contributed by atoms with Crippen LogP contribution in [0.15, 0.2) is 42.5 Å². The minimum Gasteiger partial charge on any atom is -0.483 e. The Balaban J connectivity index is 1.86. The molecule has 3 heteroatoms. The van der Waals surface area contributed by atoms with Crippen molar-refractivity contribution in [2.24, 2.45) is 0 Å². The van der Waals surface area contributed by atoms with Crippen molar-refractivity contribution in [3.8, 4) is 5.75 Å². The number of aryl methyl sites for hydroxylation is 2. The third kappa shape index (κ3) is 2.52. The summed E-state index contributed by atoms with van der Waals surface area (Å²) in [6.07, 6.45) is -0.108. The van der Waals surface area contributed by atoms with Gasteiger partial charge < -0.3 is 9.72 Å². The molecule has 0 bridgehead atoms. The van der Waals surface area contributed by atoms with Gasteiger partial charge in [-0.3, -0.25) is 0 Å². The average molecular weight is 266 g/mol. The SMILES string of the molecule is Cc1cc(C)cc(O[C@@H](C)c2nc3ccccc3[nH]2)c1. The highest BCUT2D eigenvalue weighted by atomic mass is 16.5. The maximum Gasteiger partial charge on any atom is 0.153 e. The van der Waals surface area contributed by atoms with Gasteiger partial charge in [0.05, 0.1) is 11.0 Å². The molecule has 102 valence electrons. The lowest BCUT2D eigenvalue weighted by molar-refractivity contribution is 0.218. The first-order valence-corrected chi connectivity index (χ1v) is 6.81. The molecule has 3 rings (SSSR count). The van der Waals surface area contributed by atoms with Gasteiger partial charge in [0.1, 0.15) is 11.6 Å². The molecule has 1 atom stereocenters. The van der Waals surface area contributed by atoms with E-state index in [1.807, 2.05) is 43.3 Å². The number of aromatic nitrogens is 2. The number of imidazole rings is 1. The maximum atomic E-state index is 6.00. The zero-order valence-corrected chi connectivity index (χ0v) is 12.0. The second kappa shape index (κ2) is 5.00. The van der Waals surface area contributed by atoms with Gasteiger partial charge in [-0.25, -0.2) is 4.98 Å². The predicted molar refractivity (Wildman–Crippen MR) is 81.1 cm³/mol. The van der Waals surface area contributed by atoms with Crippen molar-refractivity contribution in [3.63, 3.8) is 0 Å². The van der Waals surface area contributed by atoms with Crippen LogP contribution in [0.25, 0.3) is 11.0 Å². The van der Waals surface area contributed by atoms with Crippen LogP contribution in [0.1, 0.15) is 30.0 Å². The second-order valence-electron chi connectivity index (χ2n) is 5.22. The minimum absolute atomic E-state index is 0.108. The van der Waals surface area contributed by atoms with Gasteiger partial charge in [-0.1, -0.05) is 18.2 Å². The third-order valence-corrected chi connectivity index (χ3v) is 3.30. The molecule has 2 aromatic carbocycles. The summed E-state index contributed by atoms with van der Waals surface area (Å²) in [6, 6.07) is 14.2. The first-order chi connectivity index (χ1) is 9.61. The molecule has 0 amide bonds. The summed E-state index contributed by atoms with van der Waals surface area (Å²) >= 11 is 0. The smallest absolute Gasteiger partial charge is 0.153 e. The summed E-state index contributed by atoms with van der Waals surface area (Å²) in [4.78, 5) is 7.88. The molecule has 20 heavy (non-hydrogen) atoms. The van der Waals surface area contributed by atoms with Gasteiger partial charge in [0.15, 0.2) is 6.10 Å². The molecule has 3 nitrogen and oxygen atoms in total. The molecule has 0 radical (unpaired) electrons. The molecule has 0 spiro atoms. The van der Waals surface area contributed by atoms with E-state index in [1.165, 1.54) is 11.1 Å². The fourth-order valence-corrected chi connectivity index (χ4v) is 2.43. The van der Waals surface area contributed by atoms with Gasteiger partial charge >= 0.3 is 0 Å². The van der Waals surface area contributed by atoms with Crippen LogP contribution >= 0.6 is 0 Å². The summed E-state index contributed by atoms with van der Waals surface area (Å²) in [6.45, 7) is 6.16. The molecule has 0 unspecified atom stereocenters. The van der Waals surface area contributed by atoms with E-state index in [2.05, 4.69) is 29.9 Å². The minimum atomic E-state index is -0.108. The Labute approximate surface area is 118 Å². The van der Waals surface area contributed by atoms with Crippen molar-refractivity contribution >= 4 is 11.0 Å². The van der Waals surface area contributed by atoms with Gasteiger partial charge in [-0.2, -0.15) is 0 Å². The van der Waals surface area contributed by atoms with Gasteiger partial charge in [0.2, 0.25) is 0 Å². The highest BCUT2D eigenvalue weighted by Gasteiger charge is 2.12. The highest BCUT2D eigenvalue weighted by molar-refractivity contribution is 5.74. The number of aromatic amines is 1. The Kier molecular flexibility index (Phi) is 3.18. The molecular weight excluding hydrogens is 248 g/mol. The number of rotatable bonds is 3. The molecule has 1 aromatic heterocycles.